The summed E-state index contributed by atoms with van der Waals surface area (Å²) in [5, 5.41) is 3.16. The summed E-state index contributed by atoms with van der Waals surface area (Å²) in [4.78, 5) is 0. The standard InChI is InChI=1S/C15H25NO/c1-12(2)8-13(3)17-11-15-7-5-6-14(9-15)10-16-4/h5-7,9,12-13,16H,8,10-11H2,1-4H3. The summed E-state index contributed by atoms with van der Waals surface area (Å²) in [6.45, 7) is 8.24. The highest BCUT2D eigenvalue weighted by molar-refractivity contribution is 5.22. The van der Waals surface area contributed by atoms with Crippen LogP contribution in [0.25, 0.3) is 0 Å². The smallest absolute Gasteiger partial charge is 0.0720 e. The summed E-state index contributed by atoms with van der Waals surface area (Å²) < 4.78 is 5.85. The molecule has 1 aromatic rings. The van der Waals surface area contributed by atoms with Crippen molar-refractivity contribution in [3.8, 4) is 0 Å². The quantitative estimate of drug-likeness (QED) is 0.782. The molecule has 0 amide bonds. The van der Waals surface area contributed by atoms with Crippen LogP contribution in [0.1, 0.15) is 38.3 Å². The van der Waals surface area contributed by atoms with Crippen molar-refractivity contribution >= 4 is 0 Å². The predicted octanol–water partition coefficient (Wildman–Crippen LogP) is 3.36. The van der Waals surface area contributed by atoms with E-state index in [1.54, 1.807) is 0 Å². The van der Waals surface area contributed by atoms with E-state index in [0.717, 1.165) is 13.0 Å². The van der Waals surface area contributed by atoms with Crippen LogP contribution in [0.5, 0.6) is 0 Å². The highest BCUT2D eigenvalue weighted by atomic mass is 16.5. The Morgan fingerprint density at radius 3 is 2.53 bits per heavy atom. The molecule has 0 spiro atoms. The second-order valence-corrected chi connectivity index (χ2v) is 5.10. The fourth-order valence-corrected chi connectivity index (χ4v) is 2.00. The molecule has 2 nitrogen and oxygen atoms in total. The Kier molecular flexibility index (Phi) is 6.23. The third-order valence-corrected chi connectivity index (χ3v) is 2.71. The molecule has 1 unspecified atom stereocenters. The lowest BCUT2D eigenvalue weighted by molar-refractivity contribution is 0.0397. The van der Waals surface area contributed by atoms with E-state index in [0.29, 0.717) is 18.6 Å². The van der Waals surface area contributed by atoms with Crippen LogP contribution < -0.4 is 5.32 Å². The van der Waals surface area contributed by atoms with Gasteiger partial charge in [-0.05, 0) is 37.4 Å². The maximum atomic E-state index is 5.85. The number of hydrogen-bond acceptors (Lipinski definition) is 2. The predicted molar refractivity (Wildman–Crippen MR) is 72.9 cm³/mol. The number of hydrogen-bond donors (Lipinski definition) is 1. The van der Waals surface area contributed by atoms with E-state index in [9.17, 15) is 0 Å². The Bertz CT molecular complexity index is 322. The summed E-state index contributed by atoms with van der Waals surface area (Å²) in [5.74, 6) is 0.695. The normalized spacial score (nSPS) is 13.0. The Hall–Kier alpha value is -0.860. The minimum Gasteiger partial charge on any atom is -0.374 e. The minimum absolute atomic E-state index is 0.336. The lowest BCUT2D eigenvalue weighted by Crippen LogP contribution is -2.11. The summed E-state index contributed by atoms with van der Waals surface area (Å²) in [7, 11) is 1.97. The lowest BCUT2D eigenvalue weighted by Gasteiger charge is -2.15. The Balaban J connectivity index is 2.43. The Morgan fingerprint density at radius 2 is 1.88 bits per heavy atom. The maximum Gasteiger partial charge on any atom is 0.0720 e. The number of ether oxygens (including phenoxy) is 1. The molecule has 0 heterocycles. The van der Waals surface area contributed by atoms with Crippen LogP contribution in [0, 0.1) is 5.92 Å². The van der Waals surface area contributed by atoms with Crippen molar-refractivity contribution in [1.82, 2.24) is 5.32 Å². The zero-order valence-electron chi connectivity index (χ0n) is 11.5. The molecule has 0 saturated carbocycles. The van der Waals surface area contributed by atoms with Gasteiger partial charge in [0.05, 0.1) is 12.7 Å². The minimum atomic E-state index is 0.336. The number of nitrogens with one attached hydrogen (secondary N) is 1. The molecule has 17 heavy (non-hydrogen) atoms. The molecule has 1 N–H and O–H groups in total. The Labute approximate surface area is 105 Å². The van der Waals surface area contributed by atoms with E-state index in [1.165, 1.54) is 11.1 Å². The van der Waals surface area contributed by atoms with Crippen molar-refractivity contribution in [2.24, 2.45) is 5.92 Å². The molecule has 0 fully saturated rings. The van der Waals surface area contributed by atoms with Crippen molar-refractivity contribution in [2.45, 2.75) is 46.4 Å². The van der Waals surface area contributed by atoms with Crippen molar-refractivity contribution < 1.29 is 4.74 Å². The molecule has 0 aliphatic rings. The molecule has 96 valence electrons. The average Bonchev–Trinajstić information content (AvgIpc) is 2.26. The van der Waals surface area contributed by atoms with Crippen molar-refractivity contribution in [2.75, 3.05) is 7.05 Å². The summed E-state index contributed by atoms with van der Waals surface area (Å²) >= 11 is 0. The van der Waals surface area contributed by atoms with Crippen molar-refractivity contribution in [1.29, 1.82) is 0 Å². The third kappa shape index (κ3) is 5.85. The first kappa shape index (κ1) is 14.2. The van der Waals surface area contributed by atoms with Gasteiger partial charge in [-0.25, -0.2) is 0 Å². The van der Waals surface area contributed by atoms with Gasteiger partial charge in [0.25, 0.3) is 0 Å². The van der Waals surface area contributed by atoms with Gasteiger partial charge in [0, 0.05) is 6.54 Å². The summed E-state index contributed by atoms with van der Waals surface area (Å²) in [5.41, 5.74) is 2.57. The van der Waals surface area contributed by atoms with Gasteiger partial charge >= 0.3 is 0 Å². The zero-order valence-corrected chi connectivity index (χ0v) is 11.5. The number of benzene rings is 1. The van der Waals surface area contributed by atoms with Gasteiger partial charge < -0.3 is 10.1 Å². The van der Waals surface area contributed by atoms with Gasteiger partial charge in [-0.15, -0.1) is 0 Å². The highest BCUT2D eigenvalue weighted by Crippen LogP contribution is 2.12. The van der Waals surface area contributed by atoms with E-state index in [2.05, 4.69) is 50.4 Å². The van der Waals surface area contributed by atoms with Gasteiger partial charge in [-0.2, -0.15) is 0 Å². The SMILES string of the molecule is CNCc1cccc(COC(C)CC(C)C)c1. The fraction of sp³-hybridized carbons (Fsp3) is 0.600. The second-order valence-electron chi connectivity index (χ2n) is 5.10. The first-order valence-electron chi connectivity index (χ1n) is 6.45. The van der Waals surface area contributed by atoms with Crippen LogP contribution in [0.3, 0.4) is 0 Å². The van der Waals surface area contributed by atoms with Gasteiger partial charge in [-0.1, -0.05) is 38.1 Å². The van der Waals surface area contributed by atoms with Gasteiger partial charge in [0.2, 0.25) is 0 Å². The molecule has 0 bridgehead atoms. The fourth-order valence-electron chi connectivity index (χ4n) is 2.00. The van der Waals surface area contributed by atoms with Crippen LogP contribution in [-0.2, 0) is 17.9 Å². The molecule has 1 aromatic carbocycles. The number of rotatable bonds is 7. The van der Waals surface area contributed by atoms with Gasteiger partial charge in [-0.3, -0.25) is 0 Å². The molecule has 2 heteroatoms. The Morgan fingerprint density at radius 1 is 1.18 bits per heavy atom. The van der Waals surface area contributed by atoms with E-state index >= 15 is 0 Å². The summed E-state index contributed by atoms with van der Waals surface area (Å²) in [6.07, 6.45) is 1.46. The molecular weight excluding hydrogens is 210 g/mol. The topological polar surface area (TPSA) is 21.3 Å². The van der Waals surface area contributed by atoms with Crippen molar-refractivity contribution in [3.63, 3.8) is 0 Å². The van der Waals surface area contributed by atoms with Crippen LogP contribution in [0.15, 0.2) is 24.3 Å². The van der Waals surface area contributed by atoms with Crippen LogP contribution in [-0.4, -0.2) is 13.2 Å². The first-order valence-corrected chi connectivity index (χ1v) is 6.45. The molecule has 0 aliphatic carbocycles. The maximum absolute atomic E-state index is 5.85. The van der Waals surface area contributed by atoms with E-state index in [-0.39, 0.29) is 0 Å². The molecule has 1 rings (SSSR count). The monoisotopic (exact) mass is 235 g/mol. The molecular formula is C15H25NO. The van der Waals surface area contributed by atoms with E-state index < -0.39 is 0 Å². The van der Waals surface area contributed by atoms with Crippen LogP contribution >= 0.6 is 0 Å². The van der Waals surface area contributed by atoms with Gasteiger partial charge in [0.15, 0.2) is 0 Å². The van der Waals surface area contributed by atoms with Crippen LogP contribution in [0.2, 0.25) is 0 Å². The van der Waals surface area contributed by atoms with Crippen molar-refractivity contribution in [3.05, 3.63) is 35.4 Å². The van der Waals surface area contributed by atoms with Crippen LogP contribution in [0.4, 0.5) is 0 Å². The average molecular weight is 235 g/mol. The molecule has 0 aliphatic heterocycles. The zero-order chi connectivity index (χ0) is 12.7. The molecule has 0 aromatic heterocycles. The van der Waals surface area contributed by atoms with Gasteiger partial charge in [0.1, 0.15) is 0 Å². The summed E-state index contributed by atoms with van der Waals surface area (Å²) in [6, 6.07) is 8.57. The van der Waals surface area contributed by atoms with E-state index in [1.807, 2.05) is 7.05 Å². The lowest BCUT2D eigenvalue weighted by atomic mass is 10.1. The second kappa shape index (κ2) is 7.46. The van der Waals surface area contributed by atoms with E-state index in [4.69, 9.17) is 4.74 Å². The molecule has 1 atom stereocenters. The molecule has 0 saturated heterocycles. The largest absolute Gasteiger partial charge is 0.374 e. The third-order valence-electron chi connectivity index (χ3n) is 2.71. The molecule has 0 radical (unpaired) electrons. The highest BCUT2D eigenvalue weighted by Gasteiger charge is 2.05. The first-order chi connectivity index (χ1) is 8.11.